The number of carbonyl (C=O) groups is 1. The first-order valence-corrected chi connectivity index (χ1v) is 7.64. The summed E-state index contributed by atoms with van der Waals surface area (Å²) in [5, 5.41) is 5.94. The fourth-order valence-corrected chi connectivity index (χ4v) is 2.20. The lowest BCUT2D eigenvalue weighted by Crippen LogP contribution is -2.38. The van der Waals surface area contributed by atoms with E-state index in [1.807, 2.05) is 32.7 Å². The first kappa shape index (κ1) is 17.2. The molecule has 1 aromatic heterocycles. The predicted octanol–water partition coefficient (Wildman–Crippen LogP) is 1.74. The summed E-state index contributed by atoms with van der Waals surface area (Å²) in [6, 6.07) is 0. The van der Waals surface area contributed by atoms with Crippen LogP contribution in [0.2, 0.25) is 0 Å². The van der Waals surface area contributed by atoms with Gasteiger partial charge in [-0.3, -0.25) is 4.79 Å². The minimum Gasteiger partial charge on any atom is -0.373 e. The van der Waals surface area contributed by atoms with E-state index in [1.165, 1.54) is 0 Å². The number of hydrogen-bond acceptors (Lipinski definition) is 5. The molecule has 0 bridgehead atoms. The standard InChI is InChI=1S/C15H27N5O/c1-6-9-12-18-14(16-5)11(4)15(19-12)20(8-3)10-13(21)17-7-2/h6-10H2,1-5H3,(H,17,21)(H,16,18,19). The molecular formula is C15H27N5O. The number of rotatable bonds is 8. The Hall–Kier alpha value is -1.85. The maximum absolute atomic E-state index is 11.9. The minimum atomic E-state index is 0.0143. The second-order valence-corrected chi connectivity index (χ2v) is 4.90. The van der Waals surface area contributed by atoms with Crippen LogP contribution in [-0.2, 0) is 11.2 Å². The van der Waals surface area contributed by atoms with Gasteiger partial charge in [0.1, 0.15) is 17.5 Å². The molecule has 2 N–H and O–H groups in total. The van der Waals surface area contributed by atoms with Gasteiger partial charge in [0.05, 0.1) is 6.54 Å². The Morgan fingerprint density at radius 1 is 1.24 bits per heavy atom. The van der Waals surface area contributed by atoms with Crippen LogP contribution in [0, 0.1) is 6.92 Å². The molecule has 0 radical (unpaired) electrons. The van der Waals surface area contributed by atoms with Crippen molar-refractivity contribution in [1.29, 1.82) is 0 Å². The Morgan fingerprint density at radius 2 is 1.95 bits per heavy atom. The number of nitrogens with zero attached hydrogens (tertiary/aromatic N) is 3. The second-order valence-electron chi connectivity index (χ2n) is 4.90. The molecule has 0 fully saturated rings. The molecule has 118 valence electrons. The third-order valence-electron chi connectivity index (χ3n) is 3.27. The maximum Gasteiger partial charge on any atom is 0.239 e. The van der Waals surface area contributed by atoms with Gasteiger partial charge < -0.3 is 15.5 Å². The number of aromatic nitrogens is 2. The molecule has 0 aliphatic rings. The Morgan fingerprint density at radius 3 is 2.48 bits per heavy atom. The highest BCUT2D eigenvalue weighted by Gasteiger charge is 2.17. The fourth-order valence-electron chi connectivity index (χ4n) is 2.20. The molecule has 1 amide bonds. The van der Waals surface area contributed by atoms with E-state index < -0.39 is 0 Å². The van der Waals surface area contributed by atoms with Gasteiger partial charge in [0.15, 0.2) is 0 Å². The van der Waals surface area contributed by atoms with E-state index >= 15 is 0 Å². The zero-order chi connectivity index (χ0) is 15.8. The largest absolute Gasteiger partial charge is 0.373 e. The molecule has 1 aromatic rings. The van der Waals surface area contributed by atoms with Crippen LogP contribution in [0.1, 0.15) is 38.6 Å². The van der Waals surface area contributed by atoms with Crippen LogP contribution in [0.25, 0.3) is 0 Å². The average molecular weight is 293 g/mol. The van der Waals surface area contributed by atoms with Crippen LogP contribution in [0.15, 0.2) is 0 Å². The quantitative estimate of drug-likeness (QED) is 0.764. The van der Waals surface area contributed by atoms with E-state index in [4.69, 9.17) is 0 Å². The molecule has 1 rings (SSSR count). The van der Waals surface area contributed by atoms with Gasteiger partial charge in [-0.2, -0.15) is 0 Å². The summed E-state index contributed by atoms with van der Waals surface area (Å²) < 4.78 is 0. The maximum atomic E-state index is 11.9. The normalized spacial score (nSPS) is 10.3. The van der Waals surface area contributed by atoms with Crippen molar-refractivity contribution >= 4 is 17.5 Å². The lowest BCUT2D eigenvalue weighted by atomic mass is 10.2. The first-order chi connectivity index (χ1) is 10.1. The summed E-state index contributed by atoms with van der Waals surface area (Å²) in [4.78, 5) is 23.0. The molecule has 21 heavy (non-hydrogen) atoms. The van der Waals surface area contributed by atoms with Crippen LogP contribution < -0.4 is 15.5 Å². The summed E-state index contributed by atoms with van der Waals surface area (Å²) >= 11 is 0. The van der Waals surface area contributed by atoms with Crippen molar-refractivity contribution in [2.24, 2.45) is 0 Å². The summed E-state index contributed by atoms with van der Waals surface area (Å²) in [7, 11) is 1.86. The zero-order valence-electron chi connectivity index (χ0n) is 13.8. The molecule has 0 spiro atoms. The number of anilines is 2. The second kappa shape index (κ2) is 8.44. The number of nitrogens with one attached hydrogen (secondary N) is 2. The van der Waals surface area contributed by atoms with Crippen molar-refractivity contribution in [3.05, 3.63) is 11.4 Å². The van der Waals surface area contributed by atoms with Crippen LogP contribution in [0.5, 0.6) is 0 Å². The molecule has 0 aliphatic carbocycles. The van der Waals surface area contributed by atoms with Crippen LogP contribution in [0.3, 0.4) is 0 Å². The smallest absolute Gasteiger partial charge is 0.239 e. The van der Waals surface area contributed by atoms with Gasteiger partial charge in [0.25, 0.3) is 0 Å². The molecule has 0 unspecified atom stereocenters. The van der Waals surface area contributed by atoms with Crippen LogP contribution >= 0.6 is 0 Å². The van der Waals surface area contributed by atoms with Crippen molar-refractivity contribution in [3.63, 3.8) is 0 Å². The number of carbonyl (C=O) groups excluding carboxylic acids is 1. The van der Waals surface area contributed by atoms with Gasteiger partial charge in [0, 0.05) is 32.1 Å². The van der Waals surface area contributed by atoms with E-state index in [2.05, 4.69) is 27.5 Å². The van der Waals surface area contributed by atoms with Gasteiger partial charge in [-0.1, -0.05) is 6.92 Å². The van der Waals surface area contributed by atoms with Gasteiger partial charge >= 0.3 is 0 Å². The summed E-state index contributed by atoms with van der Waals surface area (Å²) in [5.74, 6) is 2.50. The molecule has 0 aromatic carbocycles. The zero-order valence-corrected chi connectivity index (χ0v) is 13.8. The van der Waals surface area contributed by atoms with Crippen molar-refractivity contribution in [2.45, 2.75) is 40.5 Å². The molecule has 0 atom stereocenters. The molecule has 1 heterocycles. The van der Waals surface area contributed by atoms with E-state index in [9.17, 15) is 4.79 Å². The summed E-state index contributed by atoms with van der Waals surface area (Å²) in [6.45, 7) is 9.72. The molecule has 0 saturated carbocycles. The number of amides is 1. The third kappa shape index (κ3) is 4.58. The van der Waals surface area contributed by atoms with Crippen LogP contribution in [-0.4, -0.2) is 42.6 Å². The molecule has 0 aliphatic heterocycles. The van der Waals surface area contributed by atoms with Crippen molar-refractivity contribution in [3.8, 4) is 0 Å². The third-order valence-corrected chi connectivity index (χ3v) is 3.27. The first-order valence-electron chi connectivity index (χ1n) is 7.64. The van der Waals surface area contributed by atoms with E-state index in [1.54, 1.807) is 0 Å². The highest BCUT2D eigenvalue weighted by Crippen LogP contribution is 2.23. The van der Waals surface area contributed by atoms with E-state index in [0.717, 1.165) is 42.4 Å². The lowest BCUT2D eigenvalue weighted by Gasteiger charge is -2.24. The Bertz CT molecular complexity index is 475. The van der Waals surface area contributed by atoms with Crippen molar-refractivity contribution in [2.75, 3.05) is 36.9 Å². The summed E-state index contributed by atoms with van der Waals surface area (Å²) in [5.41, 5.74) is 0.975. The average Bonchev–Trinajstić information content (AvgIpc) is 2.47. The highest BCUT2D eigenvalue weighted by atomic mass is 16.2. The molecule has 0 saturated heterocycles. The SMILES string of the molecule is CCCc1nc(NC)c(C)c(N(CC)CC(=O)NCC)n1. The molecule has 6 heteroatoms. The van der Waals surface area contributed by atoms with Crippen molar-refractivity contribution in [1.82, 2.24) is 15.3 Å². The molecular weight excluding hydrogens is 266 g/mol. The Labute approximate surface area is 127 Å². The lowest BCUT2D eigenvalue weighted by molar-refractivity contribution is -0.119. The predicted molar refractivity (Wildman–Crippen MR) is 86.9 cm³/mol. The Balaban J connectivity index is 3.11. The fraction of sp³-hybridized carbons (Fsp3) is 0.667. The van der Waals surface area contributed by atoms with Gasteiger partial charge in [-0.25, -0.2) is 9.97 Å². The summed E-state index contributed by atoms with van der Waals surface area (Å²) in [6.07, 6.45) is 1.83. The van der Waals surface area contributed by atoms with E-state index in [0.29, 0.717) is 13.1 Å². The van der Waals surface area contributed by atoms with Crippen molar-refractivity contribution < 1.29 is 4.79 Å². The van der Waals surface area contributed by atoms with Gasteiger partial charge in [-0.05, 0) is 27.2 Å². The topological polar surface area (TPSA) is 70.2 Å². The van der Waals surface area contributed by atoms with Gasteiger partial charge in [0.2, 0.25) is 5.91 Å². The number of aryl methyl sites for hydroxylation is 1. The highest BCUT2D eigenvalue weighted by molar-refractivity contribution is 5.81. The molecule has 6 nitrogen and oxygen atoms in total. The monoisotopic (exact) mass is 293 g/mol. The number of hydrogen-bond donors (Lipinski definition) is 2. The Kier molecular flexibility index (Phi) is 6.91. The minimum absolute atomic E-state index is 0.0143. The van der Waals surface area contributed by atoms with Crippen LogP contribution in [0.4, 0.5) is 11.6 Å². The number of likely N-dealkylation sites (N-methyl/N-ethyl adjacent to an activating group) is 2. The van der Waals surface area contributed by atoms with Gasteiger partial charge in [-0.15, -0.1) is 0 Å². The van der Waals surface area contributed by atoms with E-state index in [-0.39, 0.29) is 5.91 Å².